The third-order valence-corrected chi connectivity index (χ3v) is 5.27. The van der Waals surface area contributed by atoms with Gasteiger partial charge in [-0.1, -0.05) is 12.1 Å². The second-order valence-corrected chi connectivity index (χ2v) is 7.45. The number of hydrogen-bond donors (Lipinski definition) is 2. The van der Waals surface area contributed by atoms with Crippen LogP contribution in [0.2, 0.25) is 0 Å². The Morgan fingerprint density at radius 3 is 2.61 bits per heavy atom. The summed E-state index contributed by atoms with van der Waals surface area (Å²) in [5.74, 6) is -0.503. The van der Waals surface area contributed by atoms with Gasteiger partial charge in [0.15, 0.2) is 5.76 Å². The molecule has 4 rings (SSSR count). The molecule has 1 aliphatic rings. The van der Waals surface area contributed by atoms with Crippen LogP contribution in [0.25, 0.3) is 0 Å². The number of hydrogen-bond acceptors (Lipinski definition) is 5. The van der Waals surface area contributed by atoms with Gasteiger partial charge in [0.1, 0.15) is 6.26 Å². The Balaban J connectivity index is 1.27. The van der Waals surface area contributed by atoms with E-state index in [1.807, 2.05) is 12.1 Å². The van der Waals surface area contributed by atoms with Crippen LogP contribution in [0.3, 0.4) is 0 Å². The molecule has 0 bridgehead atoms. The van der Waals surface area contributed by atoms with Crippen molar-refractivity contribution in [3.63, 3.8) is 0 Å². The van der Waals surface area contributed by atoms with Crippen molar-refractivity contribution < 1.29 is 23.2 Å². The fourth-order valence-corrected chi connectivity index (χ4v) is 3.58. The molecule has 31 heavy (non-hydrogen) atoms. The van der Waals surface area contributed by atoms with Gasteiger partial charge in [-0.05, 0) is 48.7 Å². The van der Waals surface area contributed by atoms with Gasteiger partial charge in [0.25, 0.3) is 11.8 Å². The summed E-state index contributed by atoms with van der Waals surface area (Å²) in [5, 5.41) is 5.70. The average molecular weight is 421 g/mol. The molecule has 3 amide bonds. The molecule has 160 valence electrons. The van der Waals surface area contributed by atoms with Crippen LogP contribution in [-0.4, -0.2) is 35.7 Å². The summed E-state index contributed by atoms with van der Waals surface area (Å²) in [6.45, 7) is 1.41. The highest BCUT2D eigenvalue weighted by Gasteiger charge is 2.29. The molecule has 0 saturated carbocycles. The van der Waals surface area contributed by atoms with E-state index in [0.29, 0.717) is 30.9 Å². The highest BCUT2D eigenvalue weighted by Crippen LogP contribution is 2.19. The predicted molar refractivity (Wildman–Crippen MR) is 112 cm³/mol. The van der Waals surface area contributed by atoms with Gasteiger partial charge >= 0.3 is 0 Å². The second kappa shape index (κ2) is 9.34. The zero-order chi connectivity index (χ0) is 21.6. The zero-order valence-corrected chi connectivity index (χ0v) is 16.9. The fraction of sp³-hybridized carbons (Fsp3) is 0.261. The molecule has 1 aliphatic heterocycles. The lowest BCUT2D eigenvalue weighted by molar-refractivity contribution is -0.126. The number of carbonyl (C=O) groups is 3. The van der Waals surface area contributed by atoms with E-state index in [1.54, 1.807) is 35.2 Å². The number of anilines is 1. The monoisotopic (exact) mass is 421 g/mol. The number of nitrogens with zero attached hydrogens (tertiary/aromatic N) is 1. The Morgan fingerprint density at radius 2 is 1.90 bits per heavy atom. The maximum Gasteiger partial charge on any atom is 0.291 e. The number of benzene rings is 1. The van der Waals surface area contributed by atoms with Crippen molar-refractivity contribution >= 4 is 23.4 Å². The molecule has 1 atom stereocenters. The average Bonchev–Trinajstić information content (AvgIpc) is 3.52. The summed E-state index contributed by atoms with van der Waals surface area (Å²) >= 11 is 0. The Labute approximate surface area is 179 Å². The van der Waals surface area contributed by atoms with Crippen LogP contribution < -0.4 is 10.6 Å². The Kier molecular flexibility index (Phi) is 6.16. The molecular weight excluding hydrogens is 398 g/mol. The third kappa shape index (κ3) is 5.03. The first-order valence-corrected chi connectivity index (χ1v) is 10.1. The smallest absolute Gasteiger partial charge is 0.291 e. The summed E-state index contributed by atoms with van der Waals surface area (Å²) < 4.78 is 10.1. The summed E-state index contributed by atoms with van der Waals surface area (Å²) in [7, 11) is 0. The molecule has 0 unspecified atom stereocenters. The molecule has 2 N–H and O–H groups in total. The van der Waals surface area contributed by atoms with E-state index in [1.165, 1.54) is 18.8 Å². The molecule has 0 radical (unpaired) electrons. The molecule has 8 heteroatoms. The summed E-state index contributed by atoms with van der Waals surface area (Å²) in [6.07, 6.45) is 5.87. The molecule has 3 aromatic rings. The number of furan rings is 2. The fourth-order valence-electron chi connectivity index (χ4n) is 3.58. The van der Waals surface area contributed by atoms with Crippen LogP contribution in [-0.2, 0) is 11.3 Å². The molecule has 8 nitrogen and oxygen atoms in total. The normalized spacial score (nSPS) is 16.0. The molecule has 0 spiro atoms. The maximum absolute atomic E-state index is 12.6. The van der Waals surface area contributed by atoms with Gasteiger partial charge in [0.05, 0.1) is 24.0 Å². The van der Waals surface area contributed by atoms with Gasteiger partial charge in [-0.2, -0.15) is 0 Å². The Hall–Kier alpha value is -3.81. The number of carbonyl (C=O) groups excluding carboxylic acids is 3. The lowest BCUT2D eigenvalue weighted by atomic mass is 9.96. The van der Waals surface area contributed by atoms with Gasteiger partial charge in [-0.15, -0.1) is 0 Å². The second-order valence-electron chi connectivity index (χ2n) is 7.45. The maximum atomic E-state index is 12.6. The van der Waals surface area contributed by atoms with Gasteiger partial charge in [-0.3, -0.25) is 14.4 Å². The quantitative estimate of drug-likeness (QED) is 0.635. The van der Waals surface area contributed by atoms with E-state index < -0.39 is 0 Å². The predicted octanol–water partition coefficient (Wildman–Crippen LogP) is 3.29. The molecular formula is C23H23N3O5. The molecule has 1 fully saturated rings. The first kappa shape index (κ1) is 20.5. The van der Waals surface area contributed by atoms with E-state index in [9.17, 15) is 14.4 Å². The minimum absolute atomic E-state index is 0.0695. The molecule has 2 aromatic heterocycles. The van der Waals surface area contributed by atoms with Gasteiger partial charge < -0.3 is 24.4 Å². The van der Waals surface area contributed by atoms with Crippen LogP contribution in [0.4, 0.5) is 5.69 Å². The minimum Gasteiger partial charge on any atom is -0.472 e. The van der Waals surface area contributed by atoms with Crippen LogP contribution in [0.15, 0.2) is 70.1 Å². The lowest BCUT2D eigenvalue weighted by Gasteiger charge is -2.31. The number of nitrogens with one attached hydrogen (secondary N) is 2. The largest absolute Gasteiger partial charge is 0.472 e. The van der Waals surface area contributed by atoms with Gasteiger partial charge in [0.2, 0.25) is 5.91 Å². The number of likely N-dealkylation sites (tertiary alicyclic amines) is 1. The molecule has 1 aromatic carbocycles. The molecule has 0 aliphatic carbocycles. The highest BCUT2D eigenvalue weighted by molar-refractivity contribution is 6.02. The summed E-state index contributed by atoms with van der Waals surface area (Å²) in [4.78, 5) is 38.8. The van der Waals surface area contributed by atoms with E-state index in [-0.39, 0.29) is 29.4 Å². The van der Waals surface area contributed by atoms with E-state index in [4.69, 9.17) is 8.83 Å². The van der Waals surface area contributed by atoms with E-state index >= 15 is 0 Å². The van der Waals surface area contributed by atoms with Crippen molar-refractivity contribution in [3.05, 3.63) is 78.1 Å². The number of amides is 3. The Bertz CT molecular complexity index is 1030. The van der Waals surface area contributed by atoms with Crippen LogP contribution in [0, 0.1) is 5.92 Å². The van der Waals surface area contributed by atoms with Crippen LogP contribution in [0.5, 0.6) is 0 Å². The lowest BCUT2D eigenvalue weighted by Crippen LogP contribution is -2.45. The summed E-state index contributed by atoms with van der Waals surface area (Å²) in [6, 6.07) is 12.1. The van der Waals surface area contributed by atoms with Crippen molar-refractivity contribution in [2.75, 3.05) is 18.4 Å². The number of rotatable bonds is 6. The van der Waals surface area contributed by atoms with E-state index in [0.717, 1.165) is 18.4 Å². The van der Waals surface area contributed by atoms with E-state index in [2.05, 4.69) is 10.6 Å². The van der Waals surface area contributed by atoms with Crippen LogP contribution >= 0.6 is 0 Å². The van der Waals surface area contributed by atoms with Crippen molar-refractivity contribution in [2.24, 2.45) is 5.92 Å². The first-order chi connectivity index (χ1) is 15.1. The minimum atomic E-state index is -0.321. The SMILES string of the molecule is O=C(Nc1ccc(CNC(=O)[C@@H]2CCCN(C(=O)c3ccoc3)C2)cc1)c1ccco1. The number of piperidine rings is 1. The van der Waals surface area contributed by atoms with Crippen molar-refractivity contribution in [3.8, 4) is 0 Å². The standard InChI is InChI=1S/C23H23N3O5/c27-21(17-3-1-10-26(14-17)23(29)18-9-12-30-15-18)24-13-16-5-7-19(8-6-16)25-22(28)20-4-2-11-31-20/h2,4-9,11-12,15,17H,1,3,10,13-14H2,(H,24,27)(H,25,28)/t17-/m1/s1. The Morgan fingerprint density at radius 1 is 1.06 bits per heavy atom. The molecule has 3 heterocycles. The third-order valence-electron chi connectivity index (χ3n) is 5.27. The molecule has 1 saturated heterocycles. The first-order valence-electron chi connectivity index (χ1n) is 10.1. The summed E-state index contributed by atoms with van der Waals surface area (Å²) in [5.41, 5.74) is 2.05. The van der Waals surface area contributed by atoms with Crippen molar-refractivity contribution in [2.45, 2.75) is 19.4 Å². The highest BCUT2D eigenvalue weighted by atomic mass is 16.3. The zero-order valence-electron chi connectivity index (χ0n) is 16.9. The van der Waals surface area contributed by atoms with Crippen molar-refractivity contribution in [1.29, 1.82) is 0 Å². The van der Waals surface area contributed by atoms with Gasteiger partial charge in [0, 0.05) is 25.3 Å². The van der Waals surface area contributed by atoms with Crippen molar-refractivity contribution in [1.82, 2.24) is 10.2 Å². The topological polar surface area (TPSA) is 105 Å². The van der Waals surface area contributed by atoms with Gasteiger partial charge in [-0.25, -0.2) is 0 Å². The van der Waals surface area contributed by atoms with Crippen LogP contribution in [0.1, 0.15) is 39.3 Å².